The molecular weight excluding hydrogens is 491 g/mol. The zero-order valence-electron chi connectivity index (χ0n) is 15.2. The highest BCUT2D eigenvalue weighted by atomic mass is 31.3. The zero-order valence-corrected chi connectivity index (χ0v) is 17.9. The fourth-order valence-electron chi connectivity index (χ4n) is 2.56. The van der Waals surface area contributed by atoms with E-state index in [1.54, 1.807) is 0 Å². The molecule has 0 saturated carbocycles. The number of ether oxygens (including phenoxy) is 1. The molecule has 0 spiro atoms. The second kappa shape index (κ2) is 8.44. The van der Waals surface area contributed by atoms with Gasteiger partial charge in [-0.1, -0.05) is 0 Å². The van der Waals surface area contributed by atoms with Crippen LogP contribution < -0.4 is 11.3 Å². The van der Waals surface area contributed by atoms with Crippen molar-refractivity contribution in [1.82, 2.24) is 19.5 Å². The van der Waals surface area contributed by atoms with Gasteiger partial charge in [0, 0.05) is 13.5 Å². The van der Waals surface area contributed by atoms with Crippen LogP contribution in [0.15, 0.2) is 11.1 Å². The van der Waals surface area contributed by atoms with Gasteiger partial charge in [-0.2, -0.15) is 13.6 Å². The summed E-state index contributed by atoms with van der Waals surface area (Å²) in [5, 5.41) is 10.2. The fourth-order valence-corrected chi connectivity index (χ4v) is 5.99. The third kappa shape index (κ3) is 5.64. The molecule has 0 amide bonds. The number of aromatic amines is 1. The first-order valence-corrected chi connectivity index (χ1v) is 12.4. The van der Waals surface area contributed by atoms with Gasteiger partial charge in [0.25, 0.3) is 0 Å². The second-order valence-electron chi connectivity index (χ2n) is 5.90. The van der Waals surface area contributed by atoms with Crippen molar-refractivity contribution in [2.24, 2.45) is 0 Å². The lowest BCUT2D eigenvalue weighted by Crippen LogP contribution is -2.23. The molecule has 18 nitrogen and oxygen atoms in total. The number of hydrogen-bond acceptors (Lipinski definition) is 13. The minimum atomic E-state index is -5.62. The summed E-state index contributed by atoms with van der Waals surface area (Å²) < 4.78 is 58.3. The molecule has 0 aliphatic carbocycles. The summed E-state index contributed by atoms with van der Waals surface area (Å²) in [5.74, 6) is -0.216. The van der Waals surface area contributed by atoms with Crippen LogP contribution in [0.3, 0.4) is 0 Å². The van der Waals surface area contributed by atoms with E-state index in [1.807, 2.05) is 0 Å². The molecule has 2 aromatic heterocycles. The number of rotatable bonds is 8. The number of aliphatic hydroxyl groups is 1. The van der Waals surface area contributed by atoms with Gasteiger partial charge in [-0.05, 0) is 0 Å². The van der Waals surface area contributed by atoms with Gasteiger partial charge in [0.15, 0.2) is 11.8 Å². The van der Waals surface area contributed by atoms with Crippen LogP contribution in [-0.2, 0) is 36.1 Å². The molecule has 21 heteroatoms. The van der Waals surface area contributed by atoms with Crippen LogP contribution in [-0.4, -0.2) is 58.8 Å². The van der Waals surface area contributed by atoms with Gasteiger partial charge < -0.3 is 35.2 Å². The minimum Gasteiger partial charge on any atom is -0.388 e. The summed E-state index contributed by atoms with van der Waals surface area (Å²) in [6, 6.07) is 0. The van der Waals surface area contributed by atoms with Gasteiger partial charge in [0.2, 0.25) is 5.95 Å². The maximum absolute atomic E-state index is 12.5. The number of anilines is 1. The summed E-state index contributed by atoms with van der Waals surface area (Å²) in [6.45, 7) is 0. The van der Waals surface area contributed by atoms with Gasteiger partial charge in [-0.25, -0.2) is 18.7 Å². The molecule has 1 aliphatic heterocycles. The van der Waals surface area contributed by atoms with Crippen molar-refractivity contribution in [3.63, 3.8) is 0 Å². The van der Waals surface area contributed by atoms with Crippen molar-refractivity contribution in [1.29, 1.82) is 0 Å². The molecule has 0 radical (unpaired) electrons. The Balaban J connectivity index is 1.79. The first-order valence-electron chi connectivity index (χ1n) is 7.93. The van der Waals surface area contributed by atoms with E-state index in [-0.39, 0.29) is 23.5 Å². The van der Waals surface area contributed by atoms with Gasteiger partial charge in [0.05, 0.1) is 6.33 Å². The first-order chi connectivity index (χ1) is 14.2. The van der Waals surface area contributed by atoms with Gasteiger partial charge >= 0.3 is 29.0 Å². The number of phosphoric ester groups is 1. The number of imidazole rings is 1. The number of nitrogens with two attached hydrogens (primary N) is 1. The molecule has 2 unspecified atom stereocenters. The SMILES string of the molecule is COP(=O)(O[C@H]1O[C@@H](n2cnc3c(=O)nc(N)[nH]c32)C[C@@H]1O)OP(=O)(O)OP(=O)(O)O. The Hall–Kier alpha value is -1.52. The van der Waals surface area contributed by atoms with Gasteiger partial charge in [0.1, 0.15) is 18.0 Å². The lowest BCUT2D eigenvalue weighted by Gasteiger charge is -2.22. The highest BCUT2D eigenvalue weighted by Gasteiger charge is 2.47. The van der Waals surface area contributed by atoms with Crippen molar-refractivity contribution < 1.29 is 55.9 Å². The quantitative estimate of drug-likeness (QED) is 0.241. The lowest BCUT2D eigenvalue weighted by atomic mass is 10.3. The van der Waals surface area contributed by atoms with Crippen LogP contribution in [0.4, 0.5) is 5.95 Å². The van der Waals surface area contributed by atoms with E-state index in [1.165, 1.54) is 10.9 Å². The van der Waals surface area contributed by atoms with Crippen molar-refractivity contribution >= 4 is 40.6 Å². The number of nitrogens with zero attached hydrogens (tertiary/aromatic N) is 3. The van der Waals surface area contributed by atoms with E-state index in [2.05, 4.69) is 28.1 Å². The van der Waals surface area contributed by atoms with Gasteiger partial charge in [-0.15, -0.1) is 0 Å². The summed E-state index contributed by atoms with van der Waals surface area (Å²) >= 11 is 0. The third-order valence-corrected chi connectivity index (χ3v) is 7.91. The number of nitrogens with one attached hydrogen (secondary N) is 1. The van der Waals surface area contributed by atoms with Gasteiger partial charge in [-0.3, -0.25) is 18.4 Å². The maximum Gasteiger partial charge on any atom is 0.490 e. The summed E-state index contributed by atoms with van der Waals surface area (Å²) in [6.07, 6.45) is -3.36. The van der Waals surface area contributed by atoms with Crippen molar-refractivity contribution in [2.45, 2.75) is 25.0 Å². The monoisotopic (exact) mass is 507 g/mol. The molecule has 174 valence electrons. The van der Waals surface area contributed by atoms with Crippen LogP contribution in [0.2, 0.25) is 0 Å². The summed E-state index contributed by atoms with van der Waals surface area (Å²) in [5.41, 5.74) is 4.78. The van der Waals surface area contributed by atoms with E-state index in [9.17, 15) is 28.5 Å². The maximum atomic E-state index is 12.5. The molecule has 1 saturated heterocycles. The lowest BCUT2D eigenvalue weighted by molar-refractivity contribution is -0.134. The van der Waals surface area contributed by atoms with Crippen molar-refractivity contribution in [3.05, 3.63) is 16.7 Å². The summed E-state index contributed by atoms with van der Waals surface area (Å²) in [4.78, 5) is 48.3. The van der Waals surface area contributed by atoms with E-state index >= 15 is 0 Å². The highest BCUT2D eigenvalue weighted by Crippen LogP contribution is 2.68. The molecule has 0 aromatic carbocycles. The number of aliphatic hydroxyl groups excluding tert-OH is 1. The Morgan fingerprint density at radius 2 is 1.97 bits per heavy atom. The van der Waals surface area contributed by atoms with Crippen LogP contribution in [0.5, 0.6) is 0 Å². The molecule has 7 N–H and O–H groups in total. The average Bonchev–Trinajstić information content (AvgIpc) is 3.16. The molecule has 31 heavy (non-hydrogen) atoms. The Bertz CT molecular complexity index is 1170. The predicted octanol–water partition coefficient (Wildman–Crippen LogP) is -0.695. The normalized spacial score (nSPS) is 26.0. The Kier molecular flexibility index (Phi) is 6.57. The van der Waals surface area contributed by atoms with Crippen LogP contribution in [0.25, 0.3) is 11.2 Å². The van der Waals surface area contributed by atoms with Crippen molar-refractivity contribution in [2.75, 3.05) is 12.8 Å². The first kappa shape index (κ1) is 24.1. The second-order valence-corrected chi connectivity index (χ2v) is 10.6. The smallest absolute Gasteiger partial charge is 0.388 e. The van der Waals surface area contributed by atoms with E-state index in [4.69, 9.17) is 24.8 Å². The fraction of sp³-hybridized carbons (Fsp3) is 0.500. The van der Waals surface area contributed by atoms with Crippen LogP contribution >= 0.6 is 23.5 Å². The number of hydrogen-bond donors (Lipinski definition) is 6. The average molecular weight is 507 g/mol. The number of aromatic nitrogens is 4. The zero-order chi connectivity index (χ0) is 23.2. The molecule has 5 atom stereocenters. The molecule has 2 aromatic rings. The molecule has 1 aliphatic rings. The Morgan fingerprint density at radius 3 is 2.58 bits per heavy atom. The van der Waals surface area contributed by atoms with Crippen LogP contribution in [0, 0.1) is 0 Å². The Labute approximate surface area is 171 Å². The minimum absolute atomic E-state index is 0.0849. The number of H-pyrrole nitrogens is 1. The topological polar surface area (TPSA) is 268 Å². The molecule has 3 rings (SSSR count). The van der Waals surface area contributed by atoms with E-state index < -0.39 is 47.6 Å². The number of nitrogen functional groups attached to an aromatic ring is 1. The summed E-state index contributed by atoms with van der Waals surface area (Å²) in [7, 11) is -15.5. The highest BCUT2D eigenvalue weighted by molar-refractivity contribution is 7.66. The number of phosphoric acid groups is 3. The number of fused-ring (bicyclic) bond motifs is 1. The predicted molar refractivity (Wildman–Crippen MR) is 96.8 cm³/mol. The van der Waals surface area contributed by atoms with Crippen molar-refractivity contribution in [3.8, 4) is 0 Å². The molecule has 1 fully saturated rings. The molecule has 3 heterocycles. The van der Waals surface area contributed by atoms with E-state index in [0.29, 0.717) is 0 Å². The van der Waals surface area contributed by atoms with E-state index in [0.717, 1.165) is 7.11 Å². The Morgan fingerprint density at radius 1 is 1.29 bits per heavy atom. The largest absolute Gasteiger partial charge is 0.490 e. The van der Waals surface area contributed by atoms with Crippen LogP contribution in [0.1, 0.15) is 12.6 Å². The molecular formula is C10H16N5O13P3. The third-order valence-electron chi connectivity index (χ3n) is 3.69. The standard InChI is InChI=1S/C10H16N5O13P3/c1-24-31(23,28-30(21,22)27-29(18,19)20)26-9-4(16)2-5(25-9)15-3-12-6-7(15)13-10(11)14-8(6)17/h3-5,9,16H,2H2,1H3,(H,21,22)(H2,18,19,20)(H3,11,13,14,17)/t4-,5+,9+,31?/m0/s1. The molecule has 0 bridgehead atoms.